The Kier molecular flexibility index (Phi) is 15.9. The molecule has 0 saturated carbocycles. The Labute approximate surface area is 114 Å². The van der Waals surface area contributed by atoms with Crippen LogP contribution in [0.1, 0.15) is 90.4 Å². The number of hydrogen-bond donors (Lipinski definition) is 0. The van der Waals surface area contributed by atoms with Crippen LogP contribution in [0.4, 0.5) is 0 Å². The third kappa shape index (κ3) is 15.4. The summed E-state index contributed by atoms with van der Waals surface area (Å²) in [6.45, 7) is 2.27. The van der Waals surface area contributed by atoms with Crippen LogP contribution in [0.25, 0.3) is 0 Å². The molecule has 0 amide bonds. The summed E-state index contributed by atoms with van der Waals surface area (Å²) < 4.78 is 0. The van der Waals surface area contributed by atoms with Gasteiger partial charge in [-0.1, -0.05) is 83.3 Å². The first kappa shape index (κ1) is 17.4. The van der Waals surface area contributed by atoms with Crippen molar-refractivity contribution in [3.63, 3.8) is 0 Å². The first-order valence-corrected chi connectivity index (χ1v) is 8.00. The van der Waals surface area contributed by atoms with Gasteiger partial charge < -0.3 is 4.79 Å². The zero-order valence-electron chi connectivity index (χ0n) is 12.3. The molecule has 1 heteroatoms. The van der Waals surface area contributed by atoms with Gasteiger partial charge in [0.25, 0.3) is 0 Å². The fourth-order valence-corrected chi connectivity index (χ4v) is 2.20. The van der Waals surface area contributed by atoms with E-state index in [1.165, 1.54) is 70.6 Å². The van der Waals surface area contributed by atoms with Gasteiger partial charge in [0.15, 0.2) is 0 Å². The average Bonchev–Trinajstić information content (AvgIpc) is 2.39. The Morgan fingerprint density at radius 1 is 0.667 bits per heavy atom. The lowest BCUT2D eigenvalue weighted by Crippen LogP contribution is -1.82. The SMILES string of the molecule is CCCCCCCCCCCCCC=CCC=O. The van der Waals surface area contributed by atoms with Crippen LogP contribution in [0.2, 0.25) is 0 Å². The number of rotatable bonds is 14. The molecular formula is C17H32O. The predicted octanol–water partition coefficient (Wildman–Crippen LogP) is 5.83. The summed E-state index contributed by atoms with van der Waals surface area (Å²) in [5, 5.41) is 0. The second-order valence-electron chi connectivity index (χ2n) is 5.20. The second kappa shape index (κ2) is 16.4. The van der Waals surface area contributed by atoms with Crippen molar-refractivity contribution in [2.75, 3.05) is 0 Å². The van der Waals surface area contributed by atoms with Gasteiger partial charge in [0.2, 0.25) is 0 Å². The minimum atomic E-state index is 0.581. The van der Waals surface area contributed by atoms with Crippen molar-refractivity contribution in [1.29, 1.82) is 0 Å². The summed E-state index contributed by atoms with van der Waals surface area (Å²) in [4.78, 5) is 10.1. The van der Waals surface area contributed by atoms with Crippen LogP contribution in [-0.2, 0) is 4.79 Å². The van der Waals surface area contributed by atoms with E-state index in [4.69, 9.17) is 0 Å². The molecule has 1 nitrogen and oxygen atoms in total. The third-order valence-electron chi connectivity index (χ3n) is 3.37. The molecule has 0 unspecified atom stereocenters. The lowest BCUT2D eigenvalue weighted by atomic mass is 10.1. The summed E-state index contributed by atoms with van der Waals surface area (Å²) in [7, 11) is 0. The highest BCUT2D eigenvalue weighted by Crippen LogP contribution is 2.11. The Morgan fingerprint density at radius 2 is 1.17 bits per heavy atom. The van der Waals surface area contributed by atoms with Crippen molar-refractivity contribution in [2.45, 2.75) is 90.4 Å². The zero-order chi connectivity index (χ0) is 13.3. The predicted molar refractivity (Wildman–Crippen MR) is 80.9 cm³/mol. The number of unbranched alkanes of at least 4 members (excludes halogenated alkanes) is 11. The van der Waals surface area contributed by atoms with Gasteiger partial charge >= 0.3 is 0 Å². The number of carbonyl (C=O) groups is 1. The largest absolute Gasteiger partial charge is 0.303 e. The lowest BCUT2D eigenvalue weighted by molar-refractivity contribution is -0.107. The fraction of sp³-hybridized carbons (Fsp3) is 0.824. The Hall–Kier alpha value is -0.590. The van der Waals surface area contributed by atoms with Gasteiger partial charge in [-0.2, -0.15) is 0 Å². The summed E-state index contributed by atoms with van der Waals surface area (Å²) in [5.41, 5.74) is 0. The van der Waals surface area contributed by atoms with Crippen LogP contribution >= 0.6 is 0 Å². The smallest absolute Gasteiger partial charge is 0.123 e. The maximum Gasteiger partial charge on any atom is 0.123 e. The monoisotopic (exact) mass is 252 g/mol. The van der Waals surface area contributed by atoms with Crippen LogP contribution in [-0.4, -0.2) is 6.29 Å². The minimum Gasteiger partial charge on any atom is -0.303 e. The number of allylic oxidation sites excluding steroid dienone is 2. The van der Waals surface area contributed by atoms with E-state index in [0.29, 0.717) is 6.42 Å². The summed E-state index contributed by atoms with van der Waals surface area (Å²) in [6, 6.07) is 0. The highest BCUT2D eigenvalue weighted by atomic mass is 16.1. The summed E-state index contributed by atoms with van der Waals surface area (Å²) in [6.07, 6.45) is 22.2. The standard InChI is InChI=1S/C17H32O/c1-2-3-4-5-6-7-8-9-10-11-12-13-14-15-16-17-18/h14-15,17H,2-13,16H2,1H3. The molecule has 0 fully saturated rings. The molecule has 0 aliphatic rings. The van der Waals surface area contributed by atoms with E-state index in [9.17, 15) is 4.79 Å². The summed E-state index contributed by atoms with van der Waals surface area (Å²) >= 11 is 0. The molecule has 0 aromatic carbocycles. The van der Waals surface area contributed by atoms with Crippen LogP contribution in [0.5, 0.6) is 0 Å². The molecule has 106 valence electrons. The maximum atomic E-state index is 10.1. The fourth-order valence-electron chi connectivity index (χ4n) is 2.20. The van der Waals surface area contributed by atoms with Crippen molar-refractivity contribution < 1.29 is 4.79 Å². The number of hydrogen-bond acceptors (Lipinski definition) is 1. The van der Waals surface area contributed by atoms with Gasteiger partial charge in [-0.3, -0.25) is 0 Å². The Bertz CT molecular complexity index is 184. The molecule has 0 aliphatic carbocycles. The molecule has 0 atom stereocenters. The van der Waals surface area contributed by atoms with E-state index < -0.39 is 0 Å². The van der Waals surface area contributed by atoms with Gasteiger partial charge in [0.05, 0.1) is 0 Å². The van der Waals surface area contributed by atoms with Crippen molar-refractivity contribution >= 4 is 6.29 Å². The van der Waals surface area contributed by atoms with E-state index in [0.717, 1.165) is 12.7 Å². The van der Waals surface area contributed by atoms with E-state index in [1.54, 1.807) is 0 Å². The Morgan fingerprint density at radius 3 is 1.67 bits per heavy atom. The van der Waals surface area contributed by atoms with Crippen LogP contribution in [0.3, 0.4) is 0 Å². The van der Waals surface area contributed by atoms with Crippen molar-refractivity contribution in [2.24, 2.45) is 0 Å². The molecule has 18 heavy (non-hydrogen) atoms. The van der Waals surface area contributed by atoms with Crippen LogP contribution < -0.4 is 0 Å². The molecule has 0 aromatic heterocycles. The third-order valence-corrected chi connectivity index (χ3v) is 3.37. The lowest BCUT2D eigenvalue weighted by Gasteiger charge is -2.01. The molecule has 0 radical (unpaired) electrons. The molecule has 0 aliphatic heterocycles. The average molecular weight is 252 g/mol. The van der Waals surface area contributed by atoms with Gasteiger partial charge in [0.1, 0.15) is 6.29 Å². The summed E-state index contributed by atoms with van der Waals surface area (Å²) in [5.74, 6) is 0. The van der Waals surface area contributed by atoms with Crippen molar-refractivity contribution in [3.8, 4) is 0 Å². The molecule has 0 heterocycles. The van der Waals surface area contributed by atoms with Gasteiger partial charge in [-0.05, 0) is 12.8 Å². The highest BCUT2D eigenvalue weighted by molar-refractivity contribution is 5.51. The van der Waals surface area contributed by atoms with Gasteiger partial charge in [-0.15, -0.1) is 0 Å². The molecule has 0 bridgehead atoms. The van der Waals surface area contributed by atoms with E-state index >= 15 is 0 Å². The number of aldehydes is 1. The van der Waals surface area contributed by atoms with Crippen LogP contribution in [0, 0.1) is 0 Å². The first-order chi connectivity index (χ1) is 8.91. The molecule has 0 rings (SSSR count). The minimum absolute atomic E-state index is 0.581. The first-order valence-electron chi connectivity index (χ1n) is 8.00. The molecule has 0 N–H and O–H groups in total. The van der Waals surface area contributed by atoms with Crippen LogP contribution in [0.15, 0.2) is 12.2 Å². The topological polar surface area (TPSA) is 17.1 Å². The number of carbonyl (C=O) groups excluding carboxylic acids is 1. The molecule has 0 spiro atoms. The highest BCUT2D eigenvalue weighted by Gasteiger charge is 1.92. The van der Waals surface area contributed by atoms with E-state index in [-0.39, 0.29) is 0 Å². The van der Waals surface area contributed by atoms with Crippen molar-refractivity contribution in [1.82, 2.24) is 0 Å². The van der Waals surface area contributed by atoms with Crippen molar-refractivity contribution in [3.05, 3.63) is 12.2 Å². The Balaban J connectivity index is 2.96. The van der Waals surface area contributed by atoms with E-state index in [2.05, 4.69) is 13.0 Å². The van der Waals surface area contributed by atoms with Gasteiger partial charge in [0, 0.05) is 6.42 Å². The second-order valence-corrected chi connectivity index (χ2v) is 5.20. The molecule has 0 saturated heterocycles. The quantitative estimate of drug-likeness (QED) is 0.216. The molecular weight excluding hydrogens is 220 g/mol. The zero-order valence-corrected chi connectivity index (χ0v) is 12.3. The maximum absolute atomic E-state index is 10.1. The van der Waals surface area contributed by atoms with E-state index in [1.807, 2.05) is 6.08 Å². The normalized spacial score (nSPS) is 11.2. The molecule has 0 aromatic rings. The van der Waals surface area contributed by atoms with Gasteiger partial charge in [-0.25, -0.2) is 0 Å².